The second-order valence-corrected chi connectivity index (χ2v) is 4.28. The molecule has 3 rings (SSSR count). The maximum absolute atomic E-state index is 12.9. The predicted octanol–water partition coefficient (Wildman–Crippen LogP) is 3.12. The van der Waals surface area contributed by atoms with Gasteiger partial charge >= 0.3 is 0 Å². The molecule has 0 aliphatic heterocycles. The zero-order chi connectivity index (χ0) is 13.2. The molecule has 0 amide bonds. The Bertz CT molecular complexity index is 631. The van der Waals surface area contributed by atoms with Crippen LogP contribution in [0.25, 0.3) is 16.9 Å². The van der Waals surface area contributed by atoms with Crippen molar-refractivity contribution in [3.8, 4) is 16.9 Å². The quantitative estimate of drug-likeness (QED) is 0.721. The van der Waals surface area contributed by atoms with Crippen LogP contribution in [0.5, 0.6) is 0 Å². The number of halogens is 2. The lowest BCUT2D eigenvalue weighted by Gasteiger charge is -1.98. The Morgan fingerprint density at radius 3 is 2.42 bits per heavy atom. The van der Waals surface area contributed by atoms with Gasteiger partial charge in [-0.25, -0.2) is 9.07 Å². The molecule has 0 aliphatic carbocycles. The number of hydrogen-bond acceptors (Lipinski definition) is 3. The number of aromatic nitrogens is 4. The van der Waals surface area contributed by atoms with E-state index < -0.39 is 0 Å². The normalized spacial score (nSPS) is 10.6. The smallest absolute Gasteiger partial charge is 0.175 e. The summed E-state index contributed by atoms with van der Waals surface area (Å²) in [6, 6.07) is 9.58. The van der Waals surface area contributed by atoms with Crippen LogP contribution in [0.2, 0.25) is 5.15 Å². The van der Waals surface area contributed by atoms with Crippen molar-refractivity contribution in [3.05, 3.63) is 59.8 Å². The van der Waals surface area contributed by atoms with Gasteiger partial charge in [0.15, 0.2) is 11.0 Å². The van der Waals surface area contributed by atoms with E-state index in [-0.39, 0.29) is 5.82 Å². The van der Waals surface area contributed by atoms with Gasteiger partial charge in [-0.2, -0.15) is 5.10 Å². The van der Waals surface area contributed by atoms with Gasteiger partial charge in [0.1, 0.15) is 5.82 Å². The largest absolute Gasteiger partial charge is 0.220 e. The SMILES string of the molecule is Fc1ccc(-c2cnn(-c3ccc(Cl)nn3)c2)cc1. The van der Waals surface area contributed by atoms with Gasteiger partial charge in [-0.1, -0.05) is 23.7 Å². The fraction of sp³-hybridized carbons (Fsp3) is 0. The van der Waals surface area contributed by atoms with Gasteiger partial charge in [-0.05, 0) is 29.8 Å². The van der Waals surface area contributed by atoms with Crippen molar-refractivity contribution in [2.45, 2.75) is 0 Å². The summed E-state index contributed by atoms with van der Waals surface area (Å²) in [4.78, 5) is 0. The molecule has 0 N–H and O–H groups in total. The Morgan fingerprint density at radius 1 is 0.947 bits per heavy atom. The lowest BCUT2D eigenvalue weighted by Crippen LogP contribution is -1.98. The number of rotatable bonds is 2. The highest BCUT2D eigenvalue weighted by Gasteiger charge is 2.05. The van der Waals surface area contributed by atoms with Crippen LogP contribution in [0.4, 0.5) is 4.39 Å². The van der Waals surface area contributed by atoms with Crippen molar-refractivity contribution in [1.82, 2.24) is 20.0 Å². The number of nitrogens with zero attached hydrogens (tertiary/aromatic N) is 4. The average Bonchev–Trinajstić information content (AvgIpc) is 2.90. The Morgan fingerprint density at radius 2 is 1.74 bits per heavy atom. The fourth-order valence-electron chi connectivity index (χ4n) is 1.67. The van der Waals surface area contributed by atoms with E-state index in [1.165, 1.54) is 12.1 Å². The second kappa shape index (κ2) is 4.78. The molecule has 4 nitrogen and oxygen atoms in total. The summed E-state index contributed by atoms with van der Waals surface area (Å²) in [6.07, 6.45) is 3.48. The highest BCUT2D eigenvalue weighted by molar-refractivity contribution is 6.29. The summed E-state index contributed by atoms with van der Waals surface area (Å²) >= 11 is 5.68. The van der Waals surface area contributed by atoms with Crippen molar-refractivity contribution < 1.29 is 4.39 Å². The van der Waals surface area contributed by atoms with E-state index >= 15 is 0 Å². The molecule has 0 atom stereocenters. The van der Waals surface area contributed by atoms with Gasteiger partial charge in [0.05, 0.1) is 6.20 Å². The van der Waals surface area contributed by atoms with Crippen LogP contribution in [0.15, 0.2) is 48.8 Å². The van der Waals surface area contributed by atoms with Crippen molar-refractivity contribution in [2.75, 3.05) is 0 Å². The average molecular weight is 275 g/mol. The lowest BCUT2D eigenvalue weighted by molar-refractivity contribution is 0.628. The highest BCUT2D eigenvalue weighted by atomic mass is 35.5. The molecule has 0 aliphatic rings. The molecule has 0 spiro atoms. The summed E-state index contributed by atoms with van der Waals surface area (Å²) in [5.41, 5.74) is 1.76. The first-order valence-electron chi connectivity index (χ1n) is 5.52. The summed E-state index contributed by atoms with van der Waals surface area (Å²) < 4.78 is 14.4. The summed E-state index contributed by atoms with van der Waals surface area (Å²) in [5.74, 6) is 0.303. The molecule has 0 fully saturated rings. The molecule has 0 saturated heterocycles. The third kappa shape index (κ3) is 2.46. The molecule has 2 heterocycles. The van der Waals surface area contributed by atoms with Gasteiger partial charge in [-0.3, -0.25) is 0 Å². The summed E-state index contributed by atoms with van der Waals surface area (Å²) in [6.45, 7) is 0. The van der Waals surface area contributed by atoms with E-state index in [1.54, 1.807) is 41.3 Å². The number of hydrogen-bond donors (Lipinski definition) is 0. The molecule has 1 aromatic carbocycles. The van der Waals surface area contributed by atoms with Crippen LogP contribution in [-0.2, 0) is 0 Å². The molecule has 3 aromatic rings. The van der Waals surface area contributed by atoms with Gasteiger partial charge in [0.25, 0.3) is 0 Å². The van der Waals surface area contributed by atoms with Crippen LogP contribution in [0, 0.1) is 5.82 Å². The molecular weight excluding hydrogens is 267 g/mol. The molecule has 0 bridgehead atoms. The van der Waals surface area contributed by atoms with E-state index in [2.05, 4.69) is 15.3 Å². The highest BCUT2D eigenvalue weighted by Crippen LogP contribution is 2.19. The predicted molar refractivity (Wildman–Crippen MR) is 69.6 cm³/mol. The summed E-state index contributed by atoms with van der Waals surface area (Å²) in [7, 11) is 0. The number of benzene rings is 1. The standard InChI is InChI=1S/C13H8ClFN4/c14-12-5-6-13(18-17-12)19-8-10(7-16-19)9-1-3-11(15)4-2-9/h1-8H. The first kappa shape index (κ1) is 11.8. The maximum Gasteiger partial charge on any atom is 0.175 e. The van der Waals surface area contributed by atoms with Gasteiger partial charge < -0.3 is 0 Å². The fourth-order valence-corrected chi connectivity index (χ4v) is 1.77. The van der Waals surface area contributed by atoms with Gasteiger partial charge in [-0.15, -0.1) is 10.2 Å². The van der Waals surface area contributed by atoms with E-state index in [0.717, 1.165) is 11.1 Å². The molecule has 2 aromatic heterocycles. The van der Waals surface area contributed by atoms with Crippen LogP contribution in [0.1, 0.15) is 0 Å². The molecule has 0 unspecified atom stereocenters. The van der Waals surface area contributed by atoms with E-state index in [1.807, 2.05) is 0 Å². The first-order chi connectivity index (χ1) is 9.22. The Kier molecular flexibility index (Phi) is 2.97. The monoisotopic (exact) mass is 274 g/mol. The van der Waals surface area contributed by atoms with Crippen LogP contribution >= 0.6 is 11.6 Å². The van der Waals surface area contributed by atoms with Gasteiger partial charge in [0, 0.05) is 11.8 Å². The molecule has 0 radical (unpaired) electrons. The van der Waals surface area contributed by atoms with E-state index in [0.29, 0.717) is 11.0 Å². The van der Waals surface area contributed by atoms with Crippen LogP contribution < -0.4 is 0 Å². The Balaban J connectivity index is 1.95. The maximum atomic E-state index is 12.9. The summed E-state index contributed by atoms with van der Waals surface area (Å²) in [5, 5.41) is 12.2. The first-order valence-corrected chi connectivity index (χ1v) is 5.90. The minimum absolute atomic E-state index is 0.264. The molecule has 19 heavy (non-hydrogen) atoms. The molecule has 0 saturated carbocycles. The zero-order valence-corrected chi connectivity index (χ0v) is 10.4. The van der Waals surface area contributed by atoms with Crippen molar-refractivity contribution >= 4 is 11.6 Å². The zero-order valence-electron chi connectivity index (χ0n) is 9.66. The Hall–Kier alpha value is -2.27. The second-order valence-electron chi connectivity index (χ2n) is 3.89. The molecule has 94 valence electrons. The molecular formula is C13H8ClFN4. The lowest BCUT2D eigenvalue weighted by atomic mass is 10.1. The Labute approximate surface area is 113 Å². The topological polar surface area (TPSA) is 43.6 Å². The third-order valence-corrected chi connectivity index (χ3v) is 2.81. The van der Waals surface area contributed by atoms with E-state index in [9.17, 15) is 4.39 Å². The third-order valence-electron chi connectivity index (χ3n) is 2.61. The van der Waals surface area contributed by atoms with Crippen molar-refractivity contribution in [2.24, 2.45) is 0 Å². The minimum atomic E-state index is -0.264. The van der Waals surface area contributed by atoms with Crippen molar-refractivity contribution in [1.29, 1.82) is 0 Å². The van der Waals surface area contributed by atoms with Crippen LogP contribution in [0.3, 0.4) is 0 Å². The van der Waals surface area contributed by atoms with Crippen LogP contribution in [-0.4, -0.2) is 20.0 Å². The van der Waals surface area contributed by atoms with Crippen molar-refractivity contribution in [3.63, 3.8) is 0 Å². The van der Waals surface area contributed by atoms with Gasteiger partial charge in [0.2, 0.25) is 0 Å². The van der Waals surface area contributed by atoms with E-state index in [4.69, 9.17) is 11.6 Å². The molecule has 6 heteroatoms. The minimum Gasteiger partial charge on any atom is -0.220 e.